The van der Waals surface area contributed by atoms with E-state index in [0.29, 0.717) is 0 Å². The fraction of sp³-hybridized carbons (Fsp3) is 0.278. The number of halogens is 1. The summed E-state index contributed by atoms with van der Waals surface area (Å²) >= 11 is 5.79. The van der Waals surface area contributed by atoms with Crippen molar-refractivity contribution in [3.05, 3.63) is 64.4 Å². The van der Waals surface area contributed by atoms with Crippen molar-refractivity contribution < 1.29 is 29.6 Å². The van der Waals surface area contributed by atoms with Crippen LogP contribution in [0.1, 0.15) is 34.1 Å². The van der Waals surface area contributed by atoms with Crippen molar-refractivity contribution in [1.82, 2.24) is 10.3 Å². The number of aromatic nitrogens is 1. The van der Waals surface area contributed by atoms with E-state index in [1.165, 1.54) is 6.07 Å². The third kappa shape index (κ3) is 6.21. The van der Waals surface area contributed by atoms with Crippen LogP contribution in [0.3, 0.4) is 0 Å². The van der Waals surface area contributed by atoms with Crippen molar-refractivity contribution in [1.29, 1.82) is 0 Å². The molecule has 2 rings (SSSR count). The number of ether oxygens (including phenoxy) is 1. The molecule has 8 nitrogen and oxygen atoms in total. The van der Waals surface area contributed by atoms with Crippen LogP contribution in [-0.4, -0.2) is 45.0 Å². The minimum absolute atomic E-state index is 0.0416. The molecule has 0 aliphatic carbocycles. The molecule has 0 fully saturated rings. The molecule has 27 heavy (non-hydrogen) atoms. The van der Waals surface area contributed by atoms with Crippen molar-refractivity contribution in [2.75, 3.05) is 6.54 Å². The van der Waals surface area contributed by atoms with E-state index < -0.39 is 24.3 Å². The molecule has 9 heteroatoms. The summed E-state index contributed by atoms with van der Waals surface area (Å²) in [4.78, 5) is 26.1. The Hall–Kier alpha value is -2.68. The maximum Gasteiger partial charge on any atom is 0.407 e. The average molecular weight is 395 g/mol. The molecule has 0 saturated heterocycles. The van der Waals surface area contributed by atoms with Gasteiger partial charge in [0.2, 0.25) is 0 Å². The first-order valence-corrected chi connectivity index (χ1v) is 8.45. The van der Waals surface area contributed by atoms with Gasteiger partial charge >= 0.3 is 12.1 Å². The summed E-state index contributed by atoms with van der Waals surface area (Å²) in [6, 6.07) is 10.4. The number of alkyl carbamates (subject to hydrolysis) is 1. The molecule has 1 heterocycles. The average Bonchev–Trinajstić information content (AvgIpc) is 2.66. The van der Waals surface area contributed by atoms with Crippen molar-refractivity contribution in [3.8, 4) is 0 Å². The normalized spacial score (nSPS) is 12.9. The van der Waals surface area contributed by atoms with Gasteiger partial charge < -0.3 is 25.4 Å². The monoisotopic (exact) mass is 394 g/mol. The van der Waals surface area contributed by atoms with E-state index in [2.05, 4.69) is 10.3 Å². The predicted molar refractivity (Wildman–Crippen MR) is 96.4 cm³/mol. The molecule has 1 amide bonds. The van der Waals surface area contributed by atoms with E-state index in [4.69, 9.17) is 21.4 Å². The number of benzene rings is 1. The molecule has 2 atom stereocenters. The molecular weight excluding hydrogens is 376 g/mol. The highest BCUT2D eigenvalue weighted by atomic mass is 35.5. The third-order valence-corrected chi connectivity index (χ3v) is 3.98. The Kier molecular flexibility index (Phi) is 7.54. The van der Waals surface area contributed by atoms with Crippen LogP contribution in [0.25, 0.3) is 0 Å². The molecule has 1 aromatic carbocycles. The Bertz CT molecular complexity index is 787. The van der Waals surface area contributed by atoms with E-state index in [1.807, 2.05) is 30.3 Å². The summed E-state index contributed by atoms with van der Waals surface area (Å²) in [5.74, 6) is -1.29. The van der Waals surface area contributed by atoms with Gasteiger partial charge in [0.1, 0.15) is 12.7 Å². The number of hydrogen-bond donors (Lipinski definition) is 4. The largest absolute Gasteiger partial charge is 0.476 e. The van der Waals surface area contributed by atoms with Gasteiger partial charge in [0.15, 0.2) is 5.69 Å². The second-order valence-electron chi connectivity index (χ2n) is 5.69. The second kappa shape index (κ2) is 9.86. The molecule has 2 unspecified atom stereocenters. The first-order valence-electron chi connectivity index (χ1n) is 8.08. The van der Waals surface area contributed by atoms with Crippen LogP contribution in [0.5, 0.6) is 0 Å². The van der Waals surface area contributed by atoms with E-state index >= 15 is 0 Å². The number of pyridine rings is 1. The number of carbonyl (C=O) groups excluding carboxylic acids is 1. The van der Waals surface area contributed by atoms with Gasteiger partial charge in [-0.2, -0.15) is 0 Å². The SMILES string of the molecule is O=C(NCCC(O)C(O)c1cnc(C(=O)O)c(Cl)c1)OCc1ccccc1. The standard InChI is InChI=1S/C18H19ClN2O6/c19-13-8-12(9-21-15(13)17(24)25)16(23)14(22)6-7-20-18(26)27-10-11-4-2-1-3-5-11/h1-5,8-9,14,16,22-23H,6-7,10H2,(H,20,26)(H,24,25). The number of rotatable bonds is 8. The van der Waals surface area contributed by atoms with Crippen molar-refractivity contribution in [3.63, 3.8) is 0 Å². The molecule has 0 saturated carbocycles. The molecule has 0 bridgehead atoms. The van der Waals surface area contributed by atoms with Crippen LogP contribution in [0, 0.1) is 0 Å². The van der Waals surface area contributed by atoms with E-state index in [1.54, 1.807) is 0 Å². The Morgan fingerprint density at radius 2 is 1.93 bits per heavy atom. The van der Waals surface area contributed by atoms with Crippen molar-refractivity contribution in [2.24, 2.45) is 0 Å². The topological polar surface area (TPSA) is 129 Å². The second-order valence-corrected chi connectivity index (χ2v) is 6.10. The van der Waals surface area contributed by atoms with E-state index in [-0.39, 0.29) is 35.9 Å². The van der Waals surface area contributed by atoms with E-state index in [9.17, 15) is 19.8 Å². The molecule has 144 valence electrons. The van der Waals surface area contributed by atoms with Crippen LogP contribution in [0.4, 0.5) is 4.79 Å². The molecule has 0 aliphatic rings. The van der Waals surface area contributed by atoms with E-state index in [0.717, 1.165) is 11.8 Å². The number of aromatic carboxylic acids is 1. The molecule has 2 aromatic rings. The lowest BCUT2D eigenvalue weighted by atomic mass is 10.0. The predicted octanol–water partition coefficient (Wildman–Crippen LogP) is 2.14. The summed E-state index contributed by atoms with van der Waals surface area (Å²) < 4.78 is 5.03. The fourth-order valence-corrected chi connectivity index (χ4v) is 2.50. The maximum absolute atomic E-state index is 11.6. The minimum Gasteiger partial charge on any atom is -0.476 e. The van der Waals surface area contributed by atoms with Gasteiger partial charge in [0.05, 0.1) is 11.1 Å². The van der Waals surface area contributed by atoms with Gasteiger partial charge in [-0.15, -0.1) is 0 Å². The van der Waals surface area contributed by atoms with Gasteiger partial charge in [-0.05, 0) is 18.1 Å². The van der Waals surface area contributed by atoms with Crippen LogP contribution in [-0.2, 0) is 11.3 Å². The zero-order valence-electron chi connectivity index (χ0n) is 14.2. The van der Waals surface area contributed by atoms with Crippen LogP contribution in [0.15, 0.2) is 42.6 Å². The lowest BCUT2D eigenvalue weighted by molar-refractivity contribution is 0.0134. The number of aliphatic hydroxyl groups excluding tert-OH is 2. The Morgan fingerprint density at radius 3 is 2.56 bits per heavy atom. The summed E-state index contributed by atoms with van der Waals surface area (Å²) in [5.41, 5.74) is 0.673. The number of carboxylic acids is 1. The number of amides is 1. The fourth-order valence-electron chi connectivity index (χ4n) is 2.25. The first kappa shape index (κ1) is 20.6. The summed E-state index contributed by atoms with van der Waals surface area (Å²) in [6.07, 6.45) is -2.02. The highest BCUT2D eigenvalue weighted by molar-refractivity contribution is 6.33. The van der Waals surface area contributed by atoms with Gasteiger partial charge in [0, 0.05) is 18.3 Å². The molecular formula is C18H19ClN2O6. The Balaban J connectivity index is 1.77. The van der Waals surface area contributed by atoms with Crippen molar-refractivity contribution >= 4 is 23.7 Å². The van der Waals surface area contributed by atoms with Crippen LogP contribution in [0.2, 0.25) is 5.02 Å². The lowest BCUT2D eigenvalue weighted by Gasteiger charge is -2.18. The zero-order chi connectivity index (χ0) is 19.8. The number of carbonyl (C=O) groups is 2. The maximum atomic E-state index is 11.6. The number of aliphatic hydroxyl groups is 2. The van der Waals surface area contributed by atoms with Crippen molar-refractivity contribution in [2.45, 2.75) is 25.2 Å². The highest BCUT2D eigenvalue weighted by Gasteiger charge is 2.21. The summed E-state index contributed by atoms with van der Waals surface area (Å²) in [6.45, 7) is 0.193. The van der Waals surface area contributed by atoms with Gasteiger partial charge in [0.25, 0.3) is 0 Å². The smallest absolute Gasteiger partial charge is 0.407 e. The number of nitrogens with one attached hydrogen (secondary N) is 1. The molecule has 0 spiro atoms. The molecule has 0 radical (unpaired) electrons. The van der Waals surface area contributed by atoms with Crippen LogP contribution >= 0.6 is 11.6 Å². The number of hydrogen-bond acceptors (Lipinski definition) is 6. The first-order chi connectivity index (χ1) is 12.9. The zero-order valence-corrected chi connectivity index (χ0v) is 15.0. The molecule has 1 aromatic heterocycles. The minimum atomic E-state index is -1.33. The van der Waals surface area contributed by atoms with Gasteiger partial charge in [-0.25, -0.2) is 14.6 Å². The van der Waals surface area contributed by atoms with Gasteiger partial charge in [-0.3, -0.25) is 0 Å². The molecule has 0 aliphatic heterocycles. The third-order valence-electron chi connectivity index (χ3n) is 3.69. The summed E-state index contributed by atoms with van der Waals surface area (Å²) in [5, 5.41) is 31.4. The quantitative estimate of drug-likeness (QED) is 0.539. The molecule has 4 N–H and O–H groups in total. The Morgan fingerprint density at radius 1 is 1.22 bits per heavy atom. The lowest BCUT2D eigenvalue weighted by Crippen LogP contribution is -2.29. The number of carboxylic acid groups (broad SMARTS) is 1. The summed E-state index contributed by atoms with van der Waals surface area (Å²) in [7, 11) is 0. The highest BCUT2D eigenvalue weighted by Crippen LogP contribution is 2.23. The number of nitrogens with zero attached hydrogens (tertiary/aromatic N) is 1. The Labute approximate surface area is 160 Å². The van der Waals surface area contributed by atoms with Crippen LogP contribution < -0.4 is 5.32 Å². The van der Waals surface area contributed by atoms with Gasteiger partial charge in [-0.1, -0.05) is 41.9 Å².